The van der Waals surface area contributed by atoms with Crippen LogP contribution in [0.3, 0.4) is 0 Å². The van der Waals surface area contributed by atoms with Gasteiger partial charge in [-0.15, -0.1) is 0 Å². The van der Waals surface area contributed by atoms with E-state index in [-0.39, 0.29) is 11.0 Å². The summed E-state index contributed by atoms with van der Waals surface area (Å²) in [6.45, 7) is 2.42. The lowest BCUT2D eigenvalue weighted by molar-refractivity contribution is 0.112. The minimum absolute atomic E-state index is 0.270. The van der Waals surface area contributed by atoms with E-state index in [0.29, 0.717) is 29.3 Å². The molecule has 0 aliphatic carbocycles. The van der Waals surface area contributed by atoms with Crippen LogP contribution in [-0.4, -0.2) is 10.9 Å². The third kappa shape index (κ3) is 2.34. The molecule has 0 saturated heterocycles. The molecule has 0 aliphatic rings. The van der Waals surface area contributed by atoms with Gasteiger partial charge < -0.3 is 4.57 Å². The lowest BCUT2D eigenvalue weighted by atomic mass is 10.1. The number of carbonyl (C=O) groups excluding carboxylic acids is 1. The number of benzene rings is 2. The maximum Gasteiger partial charge on any atom is 0.153 e. The van der Waals surface area contributed by atoms with Crippen LogP contribution >= 0.6 is 11.6 Å². The van der Waals surface area contributed by atoms with Gasteiger partial charge in [0, 0.05) is 11.9 Å². The molecule has 2 nitrogen and oxygen atoms in total. The summed E-state index contributed by atoms with van der Waals surface area (Å²) in [7, 11) is 0. The highest BCUT2D eigenvalue weighted by Gasteiger charge is 2.18. The third-order valence-corrected chi connectivity index (χ3v) is 3.95. The Balaban J connectivity index is 2.22. The largest absolute Gasteiger partial charge is 0.324 e. The molecule has 0 amide bonds. The van der Waals surface area contributed by atoms with Crippen molar-refractivity contribution >= 4 is 28.8 Å². The molecule has 1 heterocycles. The summed E-state index contributed by atoms with van der Waals surface area (Å²) in [5.74, 6) is -0.379. The van der Waals surface area contributed by atoms with Gasteiger partial charge in [-0.1, -0.05) is 53.6 Å². The fourth-order valence-corrected chi connectivity index (χ4v) is 2.91. The zero-order chi connectivity index (χ0) is 15.0. The number of halogens is 2. The molecule has 0 bridgehead atoms. The van der Waals surface area contributed by atoms with Gasteiger partial charge in [0.25, 0.3) is 0 Å². The van der Waals surface area contributed by atoms with Crippen LogP contribution in [0.5, 0.6) is 0 Å². The lowest BCUT2D eigenvalue weighted by Crippen LogP contribution is -2.01. The smallest absolute Gasteiger partial charge is 0.153 e. The van der Waals surface area contributed by atoms with Gasteiger partial charge in [0.1, 0.15) is 11.0 Å². The fraction of sp³-hybridized carbons (Fsp3) is 0.118. The van der Waals surface area contributed by atoms with Crippen molar-refractivity contribution < 1.29 is 9.18 Å². The molecule has 0 spiro atoms. The Kier molecular flexibility index (Phi) is 3.52. The van der Waals surface area contributed by atoms with Crippen molar-refractivity contribution in [2.75, 3.05) is 0 Å². The average Bonchev–Trinajstić information content (AvgIpc) is 2.72. The van der Waals surface area contributed by atoms with E-state index in [2.05, 4.69) is 0 Å². The van der Waals surface area contributed by atoms with E-state index in [1.165, 1.54) is 6.07 Å². The zero-order valence-electron chi connectivity index (χ0n) is 11.4. The number of carbonyl (C=O) groups is 1. The maximum atomic E-state index is 14.2. The van der Waals surface area contributed by atoms with Gasteiger partial charge in [-0.05, 0) is 18.6 Å². The Morgan fingerprint density at radius 2 is 2.00 bits per heavy atom. The summed E-state index contributed by atoms with van der Waals surface area (Å²) in [6.07, 6.45) is 0.677. The van der Waals surface area contributed by atoms with E-state index in [1.54, 1.807) is 16.7 Å². The first-order chi connectivity index (χ1) is 10.1. The van der Waals surface area contributed by atoms with Crippen molar-refractivity contribution in [1.29, 1.82) is 0 Å². The van der Waals surface area contributed by atoms with E-state index >= 15 is 0 Å². The number of fused-ring (bicyclic) bond motifs is 1. The number of hydrogen-bond donors (Lipinski definition) is 0. The van der Waals surface area contributed by atoms with E-state index in [4.69, 9.17) is 11.6 Å². The molecule has 21 heavy (non-hydrogen) atoms. The van der Waals surface area contributed by atoms with Crippen LogP contribution in [0.25, 0.3) is 10.9 Å². The molecular formula is C17H13ClFNO. The van der Waals surface area contributed by atoms with E-state index < -0.39 is 0 Å². The summed E-state index contributed by atoms with van der Waals surface area (Å²) in [5.41, 5.74) is 2.83. The molecule has 0 saturated carbocycles. The van der Waals surface area contributed by atoms with Gasteiger partial charge in [-0.2, -0.15) is 0 Å². The van der Waals surface area contributed by atoms with Crippen LogP contribution in [0.1, 0.15) is 21.5 Å². The first kappa shape index (κ1) is 13.8. The lowest BCUT2D eigenvalue weighted by Gasteiger charge is -2.08. The van der Waals surface area contributed by atoms with Crippen LogP contribution in [0.15, 0.2) is 42.5 Å². The van der Waals surface area contributed by atoms with Crippen molar-refractivity contribution in [2.45, 2.75) is 13.5 Å². The zero-order valence-corrected chi connectivity index (χ0v) is 12.2. The van der Waals surface area contributed by atoms with Crippen LogP contribution in [0, 0.1) is 12.7 Å². The second-order valence-electron chi connectivity index (χ2n) is 5.03. The minimum atomic E-state index is -0.379. The first-order valence-electron chi connectivity index (χ1n) is 6.58. The van der Waals surface area contributed by atoms with Gasteiger partial charge in [0.2, 0.25) is 0 Å². The topological polar surface area (TPSA) is 22.0 Å². The van der Waals surface area contributed by atoms with Crippen molar-refractivity contribution in [3.8, 4) is 0 Å². The van der Waals surface area contributed by atoms with E-state index in [0.717, 1.165) is 11.1 Å². The maximum absolute atomic E-state index is 14.2. The van der Waals surface area contributed by atoms with Crippen LogP contribution in [0.2, 0.25) is 5.15 Å². The van der Waals surface area contributed by atoms with Gasteiger partial charge >= 0.3 is 0 Å². The number of para-hydroxylation sites is 1. The normalized spacial score (nSPS) is 11.0. The van der Waals surface area contributed by atoms with E-state index in [9.17, 15) is 9.18 Å². The van der Waals surface area contributed by atoms with Gasteiger partial charge in [0.15, 0.2) is 6.29 Å². The van der Waals surface area contributed by atoms with Crippen molar-refractivity contribution in [1.82, 2.24) is 4.57 Å². The number of aromatic nitrogens is 1. The SMILES string of the molecule is Cc1cccc(Cn2c(Cl)c(C=O)c3cccc(F)c32)c1. The minimum Gasteiger partial charge on any atom is -0.324 e. The Labute approximate surface area is 126 Å². The summed E-state index contributed by atoms with van der Waals surface area (Å²) < 4.78 is 15.8. The number of aryl methyl sites for hydroxylation is 1. The second kappa shape index (κ2) is 5.34. The van der Waals surface area contributed by atoms with Crippen molar-refractivity contribution in [3.63, 3.8) is 0 Å². The van der Waals surface area contributed by atoms with Gasteiger partial charge in [-0.25, -0.2) is 4.39 Å². The molecule has 0 atom stereocenters. The molecular weight excluding hydrogens is 289 g/mol. The van der Waals surface area contributed by atoms with E-state index in [1.807, 2.05) is 31.2 Å². The fourth-order valence-electron chi connectivity index (χ4n) is 2.62. The number of aldehydes is 1. The molecule has 3 aromatic rings. The molecule has 3 rings (SSSR count). The molecule has 0 fully saturated rings. The third-order valence-electron chi connectivity index (χ3n) is 3.55. The number of hydrogen-bond acceptors (Lipinski definition) is 1. The Morgan fingerprint density at radius 1 is 1.24 bits per heavy atom. The molecule has 0 N–H and O–H groups in total. The van der Waals surface area contributed by atoms with Gasteiger partial charge in [-0.3, -0.25) is 4.79 Å². The Morgan fingerprint density at radius 3 is 2.71 bits per heavy atom. The second-order valence-corrected chi connectivity index (χ2v) is 5.39. The Hall–Kier alpha value is -2.13. The first-order valence-corrected chi connectivity index (χ1v) is 6.96. The monoisotopic (exact) mass is 301 g/mol. The van der Waals surface area contributed by atoms with Crippen molar-refractivity contribution in [2.24, 2.45) is 0 Å². The molecule has 1 aromatic heterocycles. The standard InChI is InChI=1S/C17H13ClFNO/c1-11-4-2-5-12(8-11)9-20-16-13(6-3-7-15(16)19)14(10-21)17(20)18/h2-8,10H,9H2,1H3. The van der Waals surface area contributed by atoms with Crippen molar-refractivity contribution in [3.05, 3.63) is 70.1 Å². The predicted octanol–water partition coefficient (Wildman–Crippen LogP) is 4.60. The summed E-state index contributed by atoms with van der Waals surface area (Å²) in [6, 6.07) is 12.6. The van der Waals surface area contributed by atoms with Crippen LogP contribution in [-0.2, 0) is 6.54 Å². The summed E-state index contributed by atoms with van der Waals surface area (Å²) in [4.78, 5) is 11.3. The highest BCUT2D eigenvalue weighted by atomic mass is 35.5. The predicted molar refractivity (Wildman–Crippen MR) is 82.6 cm³/mol. The highest BCUT2D eigenvalue weighted by Crippen LogP contribution is 2.31. The molecule has 0 aliphatic heterocycles. The molecule has 106 valence electrons. The quantitative estimate of drug-likeness (QED) is 0.648. The number of nitrogens with zero attached hydrogens (tertiary/aromatic N) is 1. The molecule has 2 aromatic carbocycles. The summed E-state index contributed by atoms with van der Waals surface area (Å²) >= 11 is 6.28. The average molecular weight is 302 g/mol. The Bertz CT molecular complexity index is 838. The molecule has 0 radical (unpaired) electrons. The van der Waals surface area contributed by atoms with Crippen LogP contribution < -0.4 is 0 Å². The molecule has 0 unspecified atom stereocenters. The van der Waals surface area contributed by atoms with Crippen LogP contribution in [0.4, 0.5) is 4.39 Å². The summed E-state index contributed by atoms with van der Waals surface area (Å²) in [5, 5.41) is 0.814. The van der Waals surface area contributed by atoms with Gasteiger partial charge in [0.05, 0.1) is 11.1 Å². The molecule has 4 heteroatoms. The number of rotatable bonds is 3. The highest BCUT2D eigenvalue weighted by molar-refractivity contribution is 6.34.